The van der Waals surface area contributed by atoms with E-state index in [0.717, 1.165) is 5.92 Å². The highest BCUT2D eigenvalue weighted by Gasteiger charge is 2.15. The quantitative estimate of drug-likeness (QED) is 0.598. The maximum Gasteiger partial charge on any atom is 0.0937 e. The lowest BCUT2D eigenvalue weighted by Gasteiger charge is -2.19. The van der Waals surface area contributed by atoms with Gasteiger partial charge in [-0.1, -0.05) is 19.3 Å². The summed E-state index contributed by atoms with van der Waals surface area (Å²) in [4.78, 5) is 0. The highest BCUT2D eigenvalue weighted by molar-refractivity contribution is 5.12. The van der Waals surface area contributed by atoms with Crippen molar-refractivity contribution in [2.24, 2.45) is 0 Å². The Kier molecular flexibility index (Phi) is 1.97. The molecule has 1 aliphatic carbocycles. The molecule has 11 heavy (non-hydrogen) atoms. The van der Waals surface area contributed by atoms with Gasteiger partial charge in [0.1, 0.15) is 0 Å². The maximum absolute atomic E-state index is 5.07. The van der Waals surface area contributed by atoms with Crippen LogP contribution in [0.5, 0.6) is 0 Å². The standard InChI is InChI=1S/C10H14O/c1-2-4-9(5-3-1)10-6-7-11-8-10/h6-9H,1-5H2. The summed E-state index contributed by atoms with van der Waals surface area (Å²) in [7, 11) is 0. The van der Waals surface area contributed by atoms with Crippen molar-refractivity contribution in [3.63, 3.8) is 0 Å². The van der Waals surface area contributed by atoms with E-state index in [1.54, 1.807) is 6.26 Å². The average Bonchev–Trinajstić information content (AvgIpc) is 2.58. The third kappa shape index (κ3) is 1.47. The van der Waals surface area contributed by atoms with E-state index in [4.69, 9.17) is 4.42 Å². The molecule has 0 saturated heterocycles. The van der Waals surface area contributed by atoms with E-state index < -0.39 is 0 Å². The molecule has 1 aliphatic rings. The lowest BCUT2D eigenvalue weighted by Crippen LogP contribution is -2.02. The van der Waals surface area contributed by atoms with Crippen LogP contribution in [0.15, 0.2) is 23.0 Å². The Balaban J connectivity index is 2.04. The monoisotopic (exact) mass is 150 g/mol. The molecule has 0 aliphatic heterocycles. The van der Waals surface area contributed by atoms with Crippen LogP contribution in [0.1, 0.15) is 43.6 Å². The molecule has 0 atom stereocenters. The van der Waals surface area contributed by atoms with Gasteiger partial charge < -0.3 is 4.42 Å². The van der Waals surface area contributed by atoms with Gasteiger partial charge in [0.05, 0.1) is 12.5 Å². The normalized spacial score (nSPS) is 20.4. The van der Waals surface area contributed by atoms with Crippen LogP contribution in [0, 0.1) is 0 Å². The minimum absolute atomic E-state index is 0.794. The Morgan fingerprint density at radius 2 is 2.00 bits per heavy atom. The molecule has 1 aromatic heterocycles. The second kappa shape index (κ2) is 3.12. The molecule has 0 N–H and O–H groups in total. The molecule has 1 saturated carbocycles. The molecule has 0 radical (unpaired) electrons. The molecular weight excluding hydrogens is 136 g/mol. The lowest BCUT2D eigenvalue weighted by atomic mass is 9.85. The van der Waals surface area contributed by atoms with E-state index >= 15 is 0 Å². The minimum atomic E-state index is 0.794. The first-order valence-electron chi connectivity index (χ1n) is 4.49. The Hall–Kier alpha value is -0.720. The molecular formula is C10H14O. The Labute approximate surface area is 67.4 Å². The predicted molar refractivity (Wildman–Crippen MR) is 44.5 cm³/mol. The highest BCUT2D eigenvalue weighted by atomic mass is 16.3. The summed E-state index contributed by atoms with van der Waals surface area (Å²) in [6, 6.07) is 2.11. The first kappa shape index (κ1) is 6.96. The summed E-state index contributed by atoms with van der Waals surface area (Å²) in [6.07, 6.45) is 10.6. The van der Waals surface area contributed by atoms with Gasteiger partial charge in [0.2, 0.25) is 0 Å². The van der Waals surface area contributed by atoms with Gasteiger partial charge in [-0.05, 0) is 30.4 Å². The second-order valence-electron chi connectivity index (χ2n) is 3.39. The summed E-state index contributed by atoms with van der Waals surface area (Å²) in [5.41, 5.74) is 1.41. The highest BCUT2D eigenvalue weighted by Crippen LogP contribution is 2.32. The van der Waals surface area contributed by atoms with Crippen molar-refractivity contribution in [2.45, 2.75) is 38.0 Å². The average molecular weight is 150 g/mol. The zero-order valence-corrected chi connectivity index (χ0v) is 6.75. The summed E-state index contributed by atoms with van der Waals surface area (Å²) < 4.78 is 5.07. The molecule has 1 heterocycles. The van der Waals surface area contributed by atoms with Gasteiger partial charge in [-0.2, -0.15) is 0 Å². The van der Waals surface area contributed by atoms with Gasteiger partial charge in [0, 0.05) is 0 Å². The van der Waals surface area contributed by atoms with Gasteiger partial charge >= 0.3 is 0 Å². The SMILES string of the molecule is c1cc(C2CCCCC2)co1. The van der Waals surface area contributed by atoms with Crippen molar-refractivity contribution in [1.29, 1.82) is 0 Å². The number of rotatable bonds is 1. The van der Waals surface area contributed by atoms with Crippen molar-refractivity contribution in [3.05, 3.63) is 24.2 Å². The van der Waals surface area contributed by atoms with E-state index in [2.05, 4.69) is 6.07 Å². The van der Waals surface area contributed by atoms with E-state index in [1.807, 2.05) is 6.26 Å². The van der Waals surface area contributed by atoms with Crippen molar-refractivity contribution >= 4 is 0 Å². The first-order valence-corrected chi connectivity index (χ1v) is 4.49. The van der Waals surface area contributed by atoms with E-state index in [1.165, 1.54) is 37.7 Å². The van der Waals surface area contributed by atoms with Gasteiger partial charge in [0.15, 0.2) is 0 Å². The first-order chi connectivity index (χ1) is 5.47. The molecule has 1 aromatic rings. The molecule has 0 spiro atoms. The molecule has 0 amide bonds. The summed E-state index contributed by atoms with van der Waals surface area (Å²) in [5.74, 6) is 0.794. The zero-order valence-electron chi connectivity index (χ0n) is 6.75. The van der Waals surface area contributed by atoms with Gasteiger partial charge in [-0.15, -0.1) is 0 Å². The fraction of sp³-hybridized carbons (Fsp3) is 0.600. The summed E-state index contributed by atoms with van der Waals surface area (Å²) >= 11 is 0. The van der Waals surface area contributed by atoms with Crippen LogP contribution in [0.2, 0.25) is 0 Å². The number of furan rings is 1. The van der Waals surface area contributed by atoms with E-state index in [9.17, 15) is 0 Å². The third-order valence-corrected chi connectivity index (χ3v) is 2.62. The lowest BCUT2D eigenvalue weighted by molar-refractivity contribution is 0.439. The molecule has 60 valence electrons. The van der Waals surface area contributed by atoms with Crippen LogP contribution < -0.4 is 0 Å². The smallest absolute Gasteiger partial charge is 0.0937 e. The molecule has 0 aromatic carbocycles. The predicted octanol–water partition coefficient (Wildman–Crippen LogP) is 3.33. The van der Waals surface area contributed by atoms with Gasteiger partial charge in [-0.3, -0.25) is 0 Å². The van der Waals surface area contributed by atoms with Gasteiger partial charge in [0.25, 0.3) is 0 Å². The molecule has 1 heteroatoms. The van der Waals surface area contributed by atoms with Crippen molar-refractivity contribution in [3.8, 4) is 0 Å². The third-order valence-electron chi connectivity index (χ3n) is 2.62. The molecule has 0 bridgehead atoms. The maximum atomic E-state index is 5.07. The van der Waals surface area contributed by atoms with Crippen molar-refractivity contribution in [1.82, 2.24) is 0 Å². The molecule has 1 nitrogen and oxygen atoms in total. The van der Waals surface area contributed by atoms with Crippen LogP contribution in [-0.2, 0) is 0 Å². The van der Waals surface area contributed by atoms with E-state index in [-0.39, 0.29) is 0 Å². The summed E-state index contributed by atoms with van der Waals surface area (Å²) in [6.45, 7) is 0. The minimum Gasteiger partial charge on any atom is -0.472 e. The molecule has 2 rings (SSSR count). The molecule has 1 fully saturated rings. The van der Waals surface area contributed by atoms with Crippen molar-refractivity contribution in [2.75, 3.05) is 0 Å². The van der Waals surface area contributed by atoms with Crippen LogP contribution in [0.4, 0.5) is 0 Å². The van der Waals surface area contributed by atoms with Crippen LogP contribution >= 0.6 is 0 Å². The van der Waals surface area contributed by atoms with Gasteiger partial charge in [-0.25, -0.2) is 0 Å². The van der Waals surface area contributed by atoms with Crippen LogP contribution in [0.25, 0.3) is 0 Å². The fourth-order valence-electron chi connectivity index (χ4n) is 1.94. The van der Waals surface area contributed by atoms with Crippen molar-refractivity contribution < 1.29 is 4.42 Å². The second-order valence-corrected chi connectivity index (χ2v) is 3.39. The fourth-order valence-corrected chi connectivity index (χ4v) is 1.94. The Bertz CT molecular complexity index is 195. The topological polar surface area (TPSA) is 13.1 Å². The Morgan fingerprint density at radius 3 is 2.64 bits per heavy atom. The van der Waals surface area contributed by atoms with Crippen LogP contribution in [-0.4, -0.2) is 0 Å². The zero-order chi connectivity index (χ0) is 7.52. The number of hydrogen-bond donors (Lipinski definition) is 0. The van der Waals surface area contributed by atoms with E-state index in [0.29, 0.717) is 0 Å². The molecule has 0 unspecified atom stereocenters. The summed E-state index contributed by atoms with van der Waals surface area (Å²) in [5, 5.41) is 0. The number of hydrogen-bond acceptors (Lipinski definition) is 1. The largest absolute Gasteiger partial charge is 0.472 e. The van der Waals surface area contributed by atoms with Crippen LogP contribution in [0.3, 0.4) is 0 Å². The Morgan fingerprint density at radius 1 is 1.18 bits per heavy atom.